The molecular weight excluding hydrogens is 460 g/mol. The predicted octanol–water partition coefficient (Wildman–Crippen LogP) is 3.60. The summed E-state index contributed by atoms with van der Waals surface area (Å²) in [5, 5.41) is 19.4. The van der Waals surface area contributed by atoms with Crippen molar-refractivity contribution in [2.24, 2.45) is 0 Å². The second kappa shape index (κ2) is 27.2. The summed E-state index contributed by atoms with van der Waals surface area (Å²) in [5.74, 6) is 0.238. The average molecular weight is 517 g/mol. The molecule has 0 heterocycles. The first-order valence-corrected chi connectivity index (χ1v) is 13.0. The molecule has 214 valence electrons. The molecule has 0 atom stereocenters. The van der Waals surface area contributed by atoms with Gasteiger partial charge >= 0.3 is 0 Å². The molecule has 5 N–H and O–H groups in total. The van der Waals surface area contributed by atoms with Gasteiger partial charge in [0.25, 0.3) is 0 Å². The Balaban J connectivity index is -0.000000190. The summed E-state index contributed by atoms with van der Waals surface area (Å²) in [6, 6.07) is 0.965. The molecule has 0 spiro atoms. The maximum Gasteiger partial charge on any atom is 0.246 e. The number of carbonyl (C=O) groups is 4. The summed E-state index contributed by atoms with van der Waals surface area (Å²) in [6.45, 7) is 24.6. The van der Waals surface area contributed by atoms with Crippen molar-refractivity contribution in [1.29, 1.82) is 0 Å². The zero-order chi connectivity index (χ0) is 29.3. The number of hydrogen-bond donors (Lipinski definition) is 5. The van der Waals surface area contributed by atoms with Gasteiger partial charge in [-0.3, -0.25) is 19.2 Å². The van der Waals surface area contributed by atoms with Crippen LogP contribution < -0.4 is 21.3 Å². The van der Waals surface area contributed by atoms with Gasteiger partial charge in [-0.2, -0.15) is 0 Å². The average Bonchev–Trinajstić information content (AvgIpc) is 2.71. The lowest BCUT2D eigenvalue weighted by atomic mass is 10.3. The van der Waals surface area contributed by atoms with Crippen LogP contribution in [0.5, 0.6) is 0 Å². The van der Waals surface area contributed by atoms with E-state index in [1.165, 1.54) is 0 Å². The Bertz CT molecular complexity index is 603. The summed E-state index contributed by atoms with van der Waals surface area (Å²) in [4.78, 5) is 42.8. The quantitative estimate of drug-likeness (QED) is 0.267. The predicted molar refractivity (Wildman–Crippen MR) is 149 cm³/mol. The number of hydrogen-bond acceptors (Lipinski definition) is 5. The molecule has 36 heavy (non-hydrogen) atoms. The zero-order valence-electron chi connectivity index (χ0n) is 24.8. The minimum atomic E-state index is -0.0648. The lowest BCUT2D eigenvalue weighted by Crippen LogP contribution is -2.30. The molecule has 0 aromatic carbocycles. The molecular formula is C27H56N4O5. The normalized spacial score (nSPS) is 9.67. The summed E-state index contributed by atoms with van der Waals surface area (Å²) in [7, 11) is 0. The van der Waals surface area contributed by atoms with Crippen molar-refractivity contribution >= 4 is 23.6 Å². The second-order valence-corrected chi connectivity index (χ2v) is 9.51. The maximum absolute atomic E-state index is 10.8. The third-order valence-corrected chi connectivity index (χ3v) is 3.52. The molecule has 0 saturated heterocycles. The number of aliphatic hydroxyl groups is 1. The second-order valence-electron chi connectivity index (χ2n) is 9.51. The fourth-order valence-corrected chi connectivity index (χ4v) is 2.06. The van der Waals surface area contributed by atoms with E-state index in [-0.39, 0.29) is 54.4 Å². The van der Waals surface area contributed by atoms with Crippen LogP contribution in [0.1, 0.15) is 108 Å². The van der Waals surface area contributed by atoms with E-state index in [4.69, 9.17) is 5.11 Å². The van der Waals surface area contributed by atoms with Crippen LogP contribution in [0, 0.1) is 0 Å². The van der Waals surface area contributed by atoms with Gasteiger partial charge < -0.3 is 26.4 Å². The summed E-state index contributed by atoms with van der Waals surface area (Å²) >= 11 is 0. The number of nitrogens with one attached hydrogen (secondary N) is 4. The van der Waals surface area contributed by atoms with E-state index in [9.17, 15) is 19.2 Å². The number of carbonyl (C=O) groups excluding carboxylic acids is 4. The van der Waals surface area contributed by atoms with Gasteiger partial charge in [0.05, 0.1) is 0 Å². The van der Waals surface area contributed by atoms with Crippen molar-refractivity contribution in [2.45, 2.75) is 132 Å². The van der Waals surface area contributed by atoms with Gasteiger partial charge in [-0.15, -0.1) is 0 Å². The molecule has 0 aromatic rings. The van der Waals surface area contributed by atoms with E-state index in [1.807, 2.05) is 69.2 Å². The molecule has 0 saturated carbocycles. The molecule has 0 bridgehead atoms. The molecule has 0 unspecified atom stereocenters. The maximum atomic E-state index is 10.8. The lowest BCUT2D eigenvalue weighted by Gasteiger charge is -2.06. The Labute approximate surface area is 220 Å². The molecule has 4 amide bonds. The Morgan fingerprint density at radius 2 is 1.03 bits per heavy atom. The highest BCUT2D eigenvalue weighted by Crippen LogP contribution is 1.89. The van der Waals surface area contributed by atoms with Crippen LogP contribution in [-0.2, 0) is 19.2 Å². The molecule has 0 aromatic heterocycles. The van der Waals surface area contributed by atoms with Crippen LogP contribution in [0.4, 0.5) is 0 Å². The van der Waals surface area contributed by atoms with E-state index in [0.717, 1.165) is 6.42 Å². The minimum absolute atomic E-state index is 0.0176. The number of rotatable bonds is 11. The fraction of sp³-hybridized carbons (Fsp3) is 0.778. The lowest BCUT2D eigenvalue weighted by molar-refractivity contribution is -0.122. The van der Waals surface area contributed by atoms with Gasteiger partial charge in [-0.25, -0.2) is 0 Å². The molecule has 9 nitrogen and oxygen atoms in total. The standard InChI is InChI=1S/C7H15NO2.C7H13NO.C7H15NO.C6H13NO/c1-6(2)8-7(10)4-3-5-9;1-5(2)7(9)8-6(3)4;1-4-5-7(9)8-6(2)3;1-4-6(8)7-5(2)3/h6,9H,3-5H2,1-2H3,(H,8,10);6H,1H2,2-4H3,(H,8,9);6H,4-5H2,1-3H3,(H,8,9);5H,4H2,1-3H3,(H,7,8). The molecule has 0 radical (unpaired) electrons. The zero-order valence-corrected chi connectivity index (χ0v) is 24.8. The molecule has 0 rings (SSSR count). The first kappa shape index (κ1) is 40.7. The van der Waals surface area contributed by atoms with Crippen molar-refractivity contribution < 1.29 is 24.3 Å². The highest BCUT2D eigenvalue weighted by Gasteiger charge is 2.02. The van der Waals surface area contributed by atoms with Gasteiger partial charge in [0.15, 0.2) is 0 Å². The molecule has 0 aliphatic rings. The van der Waals surface area contributed by atoms with Crippen molar-refractivity contribution in [3.63, 3.8) is 0 Å². The smallest absolute Gasteiger partial charge is 0.246 e. The Morgan fingerprint density at radius 1 is 0.667 bits per heavy atom. The van der Waals surface area contributed by atoms with Crippen LogP contribution in [0.2, 0.25) is 0 Å². The van der Waals surface area contributed by atoms with Crippen molar-refractivity contribution in [1.82, 2.24) is 21.3 Å². The highest BCUT2D eigenvalue weighted by atomic mass is 16.3. The summed E-state index contributed by atoms with van der Waals surface area (Å²) < 4.78 is 0. The van der Waals surface area contributed by atoms with E-state index in [1.54, 1.807) is 6.92 Å². The Morgan fingerprint density at radius 3 is 1.25 bits per heavy atom. The van der Waals surface area contributed by atoms with Crippen LogP contribution in [0.15, 0.2) is 12.2 Å². The van der Waals surface area contributed by atoms with E-state index in [2.05, 4.69) is 27.8 Å². The van der Waals surface area contributed by atoms with Crippen LogP contribution >= 0.6 is 0 Å². The SMILES string of the molecule is C=C(C)C(=O)NC(C)C.CC(C)NC(=O)CCCO.CCC(=O)NC(C)C.CCCC(=O)NC(C)C. The van der Waals surface area contributed by atoms with Crippen molar-refractivity contribution in [2.75, 3.05) is 6.61 Å². The van der Waals surface area contributed by atoms with Crippen LogP contribution in [0.25, 0.3) is 0 Å². The van der Waals surface area contributed by atoms with E-state index < -0.39 is 0 Å². The molecule has 0 fully saturated rings. The van der Waals surface area contributed by atoms with Gasteiger partial charge in [-0.1, -0.05) is 20.4 Å². The monoisotopic (exact) mass is 516 g/mol. The van der Waals surface area contributed by atoms with Gasteiger partial charge in [0, 0.05) is 55.6 Å². The van der Waals surface area contributed by atoms with Crippen LogP contribution in [0.3, 0.4) is 0 Å². The topological polar surface area (TPSA) is 137 Å². The largest absolute Gasteiger partial charge is 0.396 e. The number of aliphatic hydroxyl groups excluding tert-OH is 1. The van der Waals surface area contributed by atoms with Crippen molar-refractivity contribution in [3.8, 4) is 0 Å². The van der Waals surface area contributed by atoms with E-state index in [0.29, 0.717) is 31.3 Å². The highest BCUT2D eigenvalue weighted by molar-refractivity contribution is 5.92. The first-order valence-electron chi connectivity index (χ1n) is 13.0. The van der Waals surface area contributed by atoms with E-state index >= 15 is 0 Å². The molecule has 9 heteroatoms. The van der Waals surface area contributed by atoms with Gasteiger partial charge in [0.2, 0.25) is 23.6 Å². The third kappa shape index (κ3) is 41.8. The Kier molecular flexibility index (Phi) is 30.7. The Hall–Kier alpha value is -2.42. The fourth-order valence-electron chi connectivity index (χ4n) is 2.06. The number of amides is 4. The van der Waals surface area contributed by atoms with Crippen molar-refractivity contribution in [3.05, 3.63) is 12.2 Å². The summed E-state index contributed by atoms with van der Waals surface area (Å²) in [6.07, 6.45) is 3.14. The van der Waals surface area contributed by atoms with Gasteiger partial charge in [0.1, 0.15) is 0 Å². The minimum Gasteiger partial charge on any atom is -0.396 e. The third-order valence-electron chi connectivity index (χ3n) is 3.52. The van der Waals surface area contributed by atoms with Gasteiger partial charge in [-0.05, 0) is 75.2 Å². The first-order chi connectivity index (χ1) is 16.5. The van der Waals surface area contributed by atoms with Crippen LogP contribution in [-0.4, -0.2) is 59.5 Å². The molecule has 0 aliphatic carbocycles. The molecule has 0 aliphatic heterocycles. The summed E-state index contributed by atoms with van der Waals surface area (Å²) in [5.41, 5.74) is 0.559.